The summed E-state index contributed by atoms with van der Waals surface area (Å²) in [6, 6.07) is 6.36. The maximum Gasteiger partial charge on any atom is 0.223 e. The third-order valence-corrected chi connectivity index (χ3v) is 3.48. The van der Waals surface area contributed by atoms with Gasteiger partial charge in [0.2, 0.25) is 5.91 Å². The molecule has 3 nitrogen and oxygen atoms in total. The Morgan fingerprint density at radius 1 is 1.39 bits per heavy atom. The van der Waals surface area contributed by atoms with Crippen molar-refractivity contribution in [2.45, 2.75) is 25.2 Å². The van der Waals surface area contributed by atoms with Crippen molar-refractivity contribution in [1.29, 1.82) is 0 Å². The molecule has 0 saturated carbocycles. The number of likely N-dealkylation sites (tertiary alicyclic amines) is 1. The van der Waals surface area contributed by atoms with Crippen LogP contribution in [0.1, 0.15) is 30.7 Å². The predicted octanol–water partition coefficient (Wildman–Crippen LogP) is 1.88. The van der Waals surface area contributed by atoms with Crippen LogP contribution in [0.2, 0.25) is 0 Å². The van der Waals surface area contributed by atoms with E-state index < -0.39 is 0 Å². The number of amides is 1. The largest absolute Gasteiger partial charge is 0.343 e. The Kier molecular flexibility index (Phi) is 4.31. The number of hydrogen-bond acceptors (Lipinski definition) is 2. The molecule has 0 bridgehead atoms. The topological polar surface area (TPSA) is 46.3 Å². The molecule has 0 aromatic heterocycles. The summed E-state index contributed by atoms with van der Waals surface area (Å²) in [5.41, 5.74) is 6.52. The second-order valence-corrected chi connectivity index (χ2v) is 4.78. The SMILES string of the molecule is NCC(CC(=O)N1CCCC1)c1cccc(F)c1. The molecule has 1 fully saturated rings. The molecule has 1 heterocycles. The third-order valence-electron chi connectivity index (χ3n) is 3.48. The second kappa shape index (κ2) is 5.96. The first-order valence-electron chi connectivity index (χ1n) is 6.44. The highest BCUT2D eigenvalue weighted by Gasteiger charge is 2.22. The van der Waals surface area contributed by atoms with Crippen molar-refractivity contribution in [3.05, 3.63) is 35.6 Å². The summed E-state index contributed by atoms with van der Waals surface area (Å²) in [4.78, 5) is 13.9. The zero-order chi connectivity index (χ0) is 13.0. The Balaban J connectivity index is 2.02. The zero-order valence-electron chi connectivity index (χ0n) is 10.4. The zero-order valence-corrected chi connectivity index (χ0v) is 10.4. The highest BCUT2D eigenvalue weighted by Crippen LogP contribution is 2.21. The van der Waals surface area contributed by atoms with E-state index in [-0.39, 0.29) is 17.6 Å². The third kappa shape index (κ3) is 3.07. The summed E-state index contributed by atoms with van der Waals surface area (Å²) in [7, 11) is 0. The Morgan fingerprint density at radius 2 is 2.11 bits per heavy atom. The minimum atomic E-state index is -0.278. The Morgan fingerprint density at radius 3 is 2.72 bits per heavy atom. The van der Waals surface area contributed by atoms with Crippen LogP contribution in [-0.2, 0) is 4.79 Å². The minimum Gasteiger partial charge on any atom is -0.343 e. The quantitative estimate of drug-likeness (QED) is 0.887. The number of carbonyl (C=O) groups is 1. The Labute approximate surface area is 107 Å². The van der Waals surface area contributed by atoms with Gasteiger partial charge in [0, 0.05) is 25.4 Å². The first kappa shape index (κ1) is 13.0. The van der Waals surface area contributed by atoms with Crippen LogP contribution in [0.5, 0.6) is 0 Å². The summed E-state index contributed by atoms with van der Waals surface area (Å²) in [5, 5.41) is 0. The molecule has 4 heteroatoms. The van der Waals surface area contributed by atoms with Gasteiger partial charge in [0.25, 0.3) is 0 Å². The van der Waals surface area contributed by atoms with Gasteiger partial charge in [-0.2, -0.15) is 0 Å². The Hall–Kier alpha value is -1.42. The van der Waals surface area contributed by atoms with Crippen molar-refractivity contribution in [3.8, 4) is 0 Å². The number of rotatable bonds is 4. The van der Waals surface area contributed by atoms with Crippen molar-refractivity contribution in [2.24, 2.45) is 5.73 Å². The van der Waals surface area contributed by atoms with Crippen LogP contribution >= 0.6 is 0 Å². The molecule has 1 aromatic rings. The van der Waals surface area contributed by atoms with E-state index in [1.165, 1.54) is 12.1 Å². The van der Waals surface area contributed by atoms with Crippen molar-refractivity contribution < 1.29 is 9.18 Å². The van der Waals surface area contributed by atoms with Gasteiger partial charge in [0.05, 0.1) is 0 Å². The fourth-order valence-corrected chi connectivity index (χ4v) is 2.40. The van der Waals surface area contributed by atoms with Gasteiger partial charge in [-0.05, 0) is 37.1 Å². The summed E-state index contributed by atoms with van der Waals surface area (Å²) >= 11 is 0. The summed E-state index contributed by atoms with van der Waals surface area (Å²) in [5.74, 6) is -0.236. The van der Waals surface area contributed by atoms with Gasteiger partial charge in [0.15, 0.2) is 0 Å². The Bertz CT molecular complexity index is 416. The van der Waals surface area contributed by atoms with E-state index in [9.17, 15) is 9.18 Å². The predicted molar refractivity (Wildman–Crippen MR) is 68.6 cm³/mol. The average Bonchev–Trinajstić information content (AvgIpc) is 2.89. The molecule has 2 N–H and O–H groups in total. The molecule has 1 aromatic carbocycles. The van der Waals surface area contributed by atoms with E-state index in [2.05, 4.69) is 0 Å². The number of hydrogen-bond donors (Lipinski definition) is 1. The van der Waals surface area contributed by atoms with E-state index in [0.29, 0.717) is 13.0 Å². The minimum absolute atomic E-state index is 0.0891. The van der Waals surface area contributed by atoms with Crippen LogP contribution in [0.4, 0.5) is 4.39 Å². The molecule has 0 spiro atoms. The lowest BCUT2D eigenvalue weighted by Gasteiger charge is -2.20. The van der Waals surface area contributed by atoms with E-state index in [0.717, 1.165) is 31.5 Å². The fourth-order valence-electron chi connectivity index (χ4n) is 2.40. The number of nitrogens with two attached hydrogens (primary N) is 1. The van der Waals surface area contributed by atoms with Gasteiger partial charge in [-0.1, -0.05) is 12.1 Å². The smallest absolute Gasteiger partial charge is 0.223 e. The lowest BCUT2D eigenvalue weighted by molar-refractivity contribution is -0.130. The second-order valence-electron chi connectivity index (χ2n) is 4.78. The molecule has 1 amide bonds. The van der Waals surface area contributed by atoms with Crippen LogP contribution in [0.15, 0.2) is 24.3 Å². The van der Waals surface area contributed by atoms with Gasteiger partial charge < -0.3 is 10.6 Å². The maximum absolute atomic E-state index is 13.2. The molecule has 1 unspecified atom stereocenters. The number of halogens is 1. The van der Waals surface area contributed by atoms with Crippen LogP contribution < -0.4 is 5.73 Å². The normalized spacial score (nSPS) is 16.9. The molecule has 0 radical (unpaired) electrons. The van der Waals surface area contributed by atoms with Gasteiger partial charge in [-0.25, -0.2) is 4.39 Å². The molecule has 1 aliphatic heterocycles. The standard InChI is InChI=1S/C14H19FN2O/c15-13-5-3-4-11(8-13)12(10-16)9-14(18)17-6-1-2-7-17/h3-5,8,12H,1-2,6-7,9-10,16H2. The van der Waals surface area contributed by atoms with Crippen molar-refractivity contribution in [3.63, 3.8) is 0 Å². The molecule has 1 atom stereocenters. The molecule has 98 valence electrons. The summed E-state index contributed by atoms with van der Waals surface area (Å²) < 4.78 is 13.2. The van der Waals surface area contributed by atoms with Crippen LogP contribution in [-0.4, -0.2) is 30.4 Å². The lowest BCUT2D eigenvalue weighted by atomic mass is 9.95. The first-order chi connectivity index (χ1) is 8.70. The fraction of sp³-hybridized carbons (Fsp3) is 0.500. The van der Waals surface area contributed by atoms with Crippen LogP contribution in [0, 0.1) is 5.82 Å². The van der Waals surface area contributed by atoms with Crippen LogP contribution in [0.3, 0.4) is 0 Å². The molecular weight excluding hydrogens is 231 g/mol. The van der Waals surface area contributed by atoms with Crippen molar-refractivity contribution in [1.82, 2.24) is 4.90 Å². The van der Waals surface area contributed by atoms with Gasteiger partial charge >= 0.3 is 0 Å². The number of carbonyl (C=O) groups excluding carboxylic acids is 1. The number of nitrogens with zero attached hydrogens (tertiary/aromatic N) is 1. The number of benzene rings is 1. The van der Waals surface area contributed by atoms with Crippen molar-refractivity contribution >= 4 is 5.91 Å². The van der Waals surface area contributed by atoms with Gasteiger partial charge in [0.1, 0.15) is 5.82 Å². The average molecular weight is 250 g/mol. The molecule has 0 aliphatic carbocycles. The van der Waals surface area contributed by atoms with Gasteiger partial charge in [-0.3, -0.25) is 4.79 Å². The molecule has 18 heavy (non-hydrogen) atoms. The highest BCUT2D eigenvalue weighted by molar-refractivity contribution is 5.77. The monoisotopic (exact) mass is 250 g/mol. The van der Waals surface area contributed by atoms with E-state index in [1.54, 1.807) is 6.07 Å². The molecule has 2 rings (SSSR count). The molecule has 1 saturated heterocycles. The van der Waals surface area contributed by atoms with Crippen molar-refractivity contribution in [2.75, 3.05) is 19.6 Å². The van der Waals surface area contributed by atoms with Gasteiger partial charge in [-0.15, -0.1) is 0 Å². The van der Waals surface area contributed by atoms with Crippen LogP contribution in [0.25, 0.3) is 0 Å². The summed E-state index contributed by atoms with van der Waals surface area (Å²) in [6.07, 6.45) is 2.54. The first-order valence-corrected chi connectivity index (χ1v) is 6.44. The maximum atomic E-state index is 13.2. The molecular formula is C14H19FN2O. The van der Waals surface area contributed by atoms with E-state index >= 15 is 0 Å². The lowest BCUT2D eigenvalue weighted by Crippen LogP contribution is -2.30. The van der Waals surface area contributed by atoms with E-state index in [4.69, 9.17) is 5.73 Å². The summed E-state index contributed by atoms with van der Waals surface area (Å²) in [6.45, 7) is 2.06. The van der Waals surface area contributed by atoms with E-state index in [1.807, 2.05) is 11.0 Å². The highest BCUT2D eigenvalue weighted by atomic mass is 19.1. The molecule has 1 aliphatic rings.